The molecule has 1 heterocycles. The first-order chi connectivity index (χ1) is 7.15. The van der Waals surface area contributed by atoms with Crippen LogP contribution < -0.4 is 0 Å². The number of aryl methyl sites for hydroxylation is 1. The first-order valence-electron chi connectivity index (χ1n) is 4.63. The van der Waals surface area contributed by atoms with Crippen LogP contribution >= 0.6 is 11.8 Å². The number of benzene rings is 1. The number of thioether (sulfide) groups is 1. The molecule has 2 rings (SSSR count). The van der Waals surface area contributed by atoms with E-state index in [2.05, 4.69) is 4.74 Å². The summed E-state index contributed by atoms with van der Waals surface area (Å²) in [5.41, 5.74) is 1.17. The van der Waals surface area contributed by atoms with Gasteiger partial charge in [-0.3, -0.25) is 9.59 Å². The van der Waals surface area contributed by atoms with Gasteiger partial charge in [-0.2, -0.15) is 0 Å². The van der Waals surface area contributed by atoms with Crippen LogP contribution in [0.1, 0.15) is 12.0 Å². The number of esters is 2. The van der Waals surface area contributed by atoms with E-state index in [4.69, 9.17) is 0 Å². The van der Waals surface area contributed by atoms with Gasteiger partial charge in [-0.25, -0.2) is 0 Å². The lowest BCUT2D eigenvalue weighted by molar-refractivity contribution is -0.151. The molecule has 0 amide bonds. The average molecular weight is 222 g/mol. The summed E-state index contributed by atoms with van der Waals surface area (Å²) in [6, 6.07) is 7.83. The SMILES string of the molecule is Cc1ccc(SC2CC(=O)OC2=O)cc1. The first-order valence-corrected chi connectivity index (χ1v) is 5.51. The smallest absolute Gasteiger partial charge is 0.327 e. The van der Waals surface area contributed by atoms with Crippen LogP contribution in [-0.4, -0.2) is 17.2 Å². The first kappa shape index (κ1) is 10.2. The van der Waals surface area contributed by atoms with Gasteiger partial charge in [0.2, 0.25) is 0 Å². The zero-order chi connectivity index (χ0) is 10.8. The molecule has 0 aliphatic carbocycles. The Bertz CT molecular complexity index is 397. The van der Waals surface area contributed by atoms with Gasteiger partial charge in [-0.15, -0.1) is 11.8 Å². The summed E-state index contributed by atoms with van der Waals surface area (Å²) in [6.07, 6.45) is 0.178. The van der Waals surface area contributed by atoms with Crippen LogP contribution in [0.2, 0.25) is 0 Å². The van der Waals surface area contributed by atoms with Crippen molar-refractivity contribution in [3.8, 4) is 0 Å². The summed E-state index contributed by atoms with van der Waals surface area (Å²) in [5, 5.41) is -0.375. The van der Waals surface area contributed by atoms with Gasteiger partial charge in [0.15, 0.2) is 0 Å². The molecule has 78 valence electrons. The number of carbonyl (C=O) groups excluding carboxylic acids is 2. The molecule has 1 saturated heterocycles. The lowest BCUT2D eigenvalue weighted by Crippen LogP contribution is -2.08. The Morgan fingerprint density at radius 2 is 1.93 bits per heavy atom. The van der Waals surface area contributed by atoms with E-state index in [1.165, 1.54) is 17.3 Å². The maximum atomic E-state index is 11.2. The van der Waals surface area contributed by atoms with E-state index in [0.717, 1.165) is 4.90 Å². The van der Waals surface area contributed by atoms with Crippen LogP contribution in [0.3, 0.4) is 0 Å². The quantitative estimate of drug-likeness (QED) is 0.566. The fourth-order valence-electron chi connectivity index (χ4n) is 1.33. The molecule has 0 bridgehead atoms. The number of carbonyl (C=O) groups is 2. The highest BCUT2D eigenvalue weighted by Gasteiger charge is 2.34. The number of hydrogen-bond donors (Lipinski definition) is 0. The van der Waals surface area contributed by atoms with Crippen molar-refractivity contribution in [1.82, 2.24) is 0 Å². The van der Waals surface area contributed by atoms with E-state index in [1.54, 1.807) is 0 Å². The molecular formula is C11H10O3S. The molecule has 1 unspecified atom stereocenters. The Morgan fingerprint density at radius 1 is 1.27 bits per heavy atom. The van der Waals surface area contributed by atoms with Gasteiger partial charge in [-0.05, 0) is 19.1 Å². The van der Waals surface area contributed by atoms with Gasteiger partial charge >= 0.3 is 11.9 Å². The second-order valence-electron chi connectivity index (χ2n) is 3.42. The summed E-state index contributed by atoms with van der Waals surface area (Å²) in [7, 11) is 0. The van der Waals surface area contributed by atoms with Crippen LogP contribution in [0.15, 0.2) is 29.2 Å². The molecule has 0 saturated carbocycles. The molecular weight excluding hydrogens is 212 g/mol. The van der Waals surface area contributed by atoms with Crippen LogP contribution in [0, 0.1) is 6.92 Å². The summed E-state index contributed by atoms with van der Waals surface area (Å²) in [5.74, 6) is -0.852. The van der Waals surface area contributed by atoms with Crippen molar-refractivity contribution in [1.29, 1.82) is 0 Å². The predicted octanol–water partition coefficient (Wildman–Crippen LogP) is 1.93. The zero-order valence-corrected chi connectivity index (χ0v) is 9.04. The summed E-state index contributed by atoms with van der Waals surface area (Å²) in [6.45, 7) is 2.00. The minimum absolute atomic E-state index is 0.178. The van der Waals surface area contributed by atoms with Crippen LogP contribution in [0.25, 0.3) is 0 Å². The molecule has 15 heavy (non-hydrogen) atoms. The van der Waals surface area contributed by atoms with Gasteiger partial charge < -0.3 is 4.74 Å². The fourth-order valence-corrected chi connectivity index (χ4v) is 2.31. The second kappa shape index (κ2) is 4.06. The van der Waals surface area contributed by atoms with Crippen molar-refractivity contribution in [3.63, 3.8) is 0 Å². The minimum atomic E-state index is -0.426. The van der Waals surface area contributed by atoms with Gasteiger partial charge in [0.05, 0.1) is 6.42 Å². The molecule has 1 fully saturated rings. The van der Waals surface area contributed by atoms with E-state index in [1.807, 2.05) is 31.2 Å². The summed E-state index contributed by atoms with van der Waals surface area (Å²) < 4.78 is 4.47. The second-order valence-corrected chi connectivity index (χ2v) is 4.69. The van der Waals surface area contributed by atoms with Gasteiger partial charge in [-0.1, -0.05) is 17.7 Å². The lowest BCUT2D eigenvalue weighted by atomic mass is 10.2. The highest BCUT2D eigenvalue weighted by Crippen LogP contribution is 2.29. The minimum Gasteiger partial charge on any atom is -0.392 e. The van der Waals surface area contributed by atoms with Crippen molar-refractivity contribution in [2.75, 3.05) is 0 Å². The molecule has 1 aliphatic rings. The van der Waals surface area contributed by atoms with E-state index >= 15 is 0 Å². The monoisotopic (exact) mass is 222 g/mol. The van der Waals surface area contributed by atoms with Crippen LogP contribution in [0.4, 0.5) is 0 Å². The van der Waals surface area contributed by atoms with Gasteiger partial charge in [0.25, 0.3) is 0 Å². The van der Waals surface area contributed by atoms with Crippen molar-refractivity contribution < 1.29 is 14.3 Å². The summed E-state index contributed by atoms with van der Waals surface area (Å²) in [4.78, 5) is 23.0. The number of ether oxygens (including phenoxy) is 1. The Labute approximate surface area is 91.8 Å². The van der Waals surface area contributed by atoms with Crippen molar-refractivity contribution in [3.05, 3.63) is 29.8 Å². The highest BCUT2D eigenvalue weighted by atomic mass is 32.2. The average Bonchev–Trinajstić information content (AvgIpc) is 2.49. The maximum Gasteiger partial charge on any atom is 0.327 e. The third-order valence-electron chi connectivity index (χ3n) is 2.13. The predicted molar refractivity (Wildman–Crippen MR) is 56.5 cm³/mol. The lowest BCUT2D eigenvalue weighted by Gasteiger charge is -2.04. The highest BCUT2D eigenvalue weighted by molar-refractivity contribution is 8.00. The van der Waals surface area contributed by atoms with Crippen LogP contribution in [-0.2, 0) is 14.3 Å². The molecule has 1 aromatic carbocycles. The number of cyclic esters (lactones) is 2. The van der Waals surface area contributed by atoms with E-state index < -0.39 is 11.9 Å². The summed E-state index contributed by atoms with van der Waals surface area (Å²) >= 11 is 1.38. The molecule has 0 aromatic heterocycles. The Kier molecular flexibility index (Phi) is 2.77. The molecule has 1 atom stereocenters. The Hall–Kier alpha value is -1.29. The van der Waals surface area contributed by atoms with E-state index in [0.29, 0.717) is 0 Å². The van der Waals surface area contributed by atoms with Crippen molar-refractivity contribution >= 4 is 23.7 Å². The van der Waals surface area contributed by atoms with Crippen LogP contribution in [0.5, 0.6) is 0 Å². The molecule has 0 radical (unpaired) electrons. The van der Waals surface area contributed by atoms with Crippen molar-refractivity contribution in [2.24, 2.45) is 0 Å². The zero-order valence-electron chi connectivity index (χ0n) is 8.23. The Balaban J connectivity index is 2.06. The molecule has 0 N–H and O–H groups in total. The van der Waals surface area contributed by atoms with E-state index in [-0.39, 0.29) is 11.7 Å². The molecule has 0 spiro atoms. The van der Waals surface area contributed by atoms with Crippen molar-refractivity contribution in [2.45, 2.75) is 23.5 Å². The number of hydrogen-bond acceptors (Lipinski definition) is 4. The third kappa shape index (κ3) is 2.39. The molecule has 3 nitrogen and oxygen atoms in total. The Morgan fingerprint density at radius 3 is 2.47 bits per heavy atom. The van der Waals surface area contributed by atoms with Gasteiger partial charge in [0, 0.05) is 4.90 Å². The fraction of sp³-hybridized carbons (Fsp3) is 0.273. The van der Waals surface area contributed by atoms with E-state index in [9.17, 15) is 9.59 Å². The normalized spacial score (nSPS) is 20.5. The van der Waals surface area contributed by atoms with Gasteiger partial charge in [0.1, 0.15) is 5.25 Å². The standard InChI is InChI=1S/C11H10O3S/c1-7-2-4-8(5-3-7)15-9-6-10(12)14-11(9)13/h2-5,9H,6H2,1H3. The maximum absolute atomic E-state index is 11.2. The number of rotatable bonds is 2. The molecule has 1 aliphatic heterocycles. The largest absolute Gasteiger partial charge is 0.392 e. The topological polar surface area (TPSA) is 43.4 Å². The third-order valence-corrected chi connectivity index (χ3v) is 3.32. The molecule has 1 aromatic rings. The molecule has 4 heteroatoms.